The Balaban J connectivity index is 1.20. The van der Waals surface area contributed by atoms with Crippen LogP contribution >= 0.6 is 11.6 Å². The zero-order valence-electron chi connectivity index (χ0n) is 28.6. The monoisotopic (exact) mass is 691 g/mol. The van der Waals surface area contributed by atoms with Crippen LogP contribution in [-0.4, -0.2) is 59.2 Å². The summed E-state index contributed by atoms with van der Waals surface area (Å²) in [7, 11) is 0. The molecular formula is C39H50ClN3O6. The minimum absolute atomic E-state index is 0.0127. The average Bonchev–Trinajstić information content (AvgIpc) is 3.11. The van der Waals surface area contributed by atoms with E-state index in [1.54, 1.807) is 0 Å². The van der Waals surface area contributed by atoms with Gasteiger partial charge in [-0.1, -0.05) is 85.6 Å². The zero-order valence-corrected chi connectivity index (χ0v) is 29.3. The molecule has 0 aliphatic carbocycles. The van der Waals surface area contributed by atoms with Crippen LogP contribution in [0, 0.1) is 5.92 Å². The number of likely N-dealkylation sites (tertiary alicyclic amines) is 1. The van der Waals surface area contributed by atoms with E-state index in [1.807, 2.05) is 72.8 Å². The molecule has 2 fully saturated rings. The molecule has 2 saturated heterocycles. The number of benzene rings is 3. The normalized spacial score (nSPS) is 22.4. The van der Waals surface area contributed by atoms with Crippen molar-refractivity contribution in [2.75, 3.05) is 26.2 Å². The first-order valence-electron chi connectivity index (χ1n) is 17.4. The first-order valence-corrected chi connectivity index (χ1v) is 17.8. The van der Waals surface area contributed by atoms with Crippen LogP contribution in [0.5, 0.6) is 0 Å². The molecular weight excluding hydrogens is 642 g/mol. The van der Waals surface area contributed by atoms with Gasteiger partial charge in [-0.3, -0.25) is 9.59 Å². The summed E-state index contributed by atoms with van der Waals surface area (Å²) in [5, 5.41) is 27.5. The van der Waals surface area contributed by atoms with E-state index in [9.17, 15) is 19.8 Å². The number of amides is 2. The number of carbonyl (C=O) groups excluding carboxylic acids is 2. The Morgan fingerprint density at radius 1 is 0.878 bits per heavy atom. The summed E-state index contributed by atoms with van der Waals surface area (Å²) < 4.78 is 13.3. The van der Waals surface area contributed by atoms with Crippen molar-refractivity contribution in [1.29, 1.82) is 0 Å². The summed E-state index contributed by atoms with van der Waals surface area (Å²) in [6.45, 7) is 6.92. The van der Waals surface area contributed by atoms with Crippen molar-refractivity contribution in [3.05, 3.63) is 106 Å². The van der Waals surface area contributed by atoms with Gasteiger partial charge in [-0.2, -0.15) is 0 Å². The van der Waals surface area contributed by atoms with Crippen LogP contribution in [0.15, 0.2) is 72.8 Å². The van der Waals surface area contributed by atoms with E-state index < -0.39 is 11.9 Å². The lowest BCUT2D eigenvalue weighted by atomic mass is 9.84. The van der Waals surface area contributed by atoms with Crippen LogP contribution in [-0.2, 0) is 37.8 Å². The Kier molecular flexibility index (Phi) is 13.2. The van der Waals surface area contributed by atoms with Crippen molar-refractivity contribution < 1.29 is 29.3 Å². The van der Waals surface area contributed by atoms with Crippen molar-refractivity contribution in [3.63, 3.8) is 0 Å². The van der Waals surface area contributed by atoms with Crippen LogP contribution in [0.4, 0.5) is 0 Å². The predicted molar refractivity (Wildman–Crippen MR) is 189 cm³/mol. The number of hydrogen-bond acceptors (Lipinski definition) is 7. The van der Waals surface area contributed by atoms with Gasteiger partial charge in [0.1, 0.15) is 0 Å². The Morgan fingerprint density at radius 3 is 2.18 bits per heavy atom. The van der Waals surface area contributed by atoms with E-state index in [0.29, 0.717) is 43.9 Å². The highest BCUT2D eigenvalue weighted by Gasteiger charge is 2.41. The molecule has 0 bridgehead atoms. The smallest absolute Gasteiger partial charge is 0.220 e. The third kappa shape index (κ3) is 10.4. The fraction of sp³-hybridized carbons (Fsp3) is 0.487. The van der Waals surface area contributed by atoms with Crippen molar-refractivity contribution in [1.82, 2.24) is 15.5 Å². The molecule has 3 aromatic rings. The number of aliphatic hydroxyl groups is 2. The van der Waals surface area contributed by atoms with Gasteiger partial charge in [0.25, 0.3) is 0 Å². The van der Waals surface area contributed by atoms with Crippen molar-refractivity contribution >= 4 is 23.4 Å². The molecule has 3 aromatic carbocycles. The van der Waals surface area contributed by atoms with Crippen LogP contribution in [0.25, 0.3) is 0 Å². The molecule has 5 rings (SSSR count). The Labute approximate surface area is 294 Å². The molecule has 2 heterocycles. The number of rotatable bonds is 14. The number of aliphatic hydroxyl groups excluding tert-OH is 1. The van der Waals surface area contributed by atoms with E-state index in [0.717, 1.165) is 60.2 Å². The standard InChI is InChI=1S/C39H50ClN3O6/c1-27-35(25-43-22-19-39(47,20-23-43)33-15-17-34(40)18-16-33)48-38(49-37(27)31-11-9-30(26-44)10-12-31)32-13-7-29(8-14-32)24-42-36(46)6-4-3-5-21-41-28(2)45/h7-18,27,35,37-38,44,47H,3-6,19-26H2,1-2H3,(H,41,45)(H,42,46)/t27-,35+,37+,38+/m0/s1. The van der Waals surface area contributed by atoms with Crippen LogP contribution in [0.2, 0.25) is 5.02 Å². The Morgan fingerprint density at radius 2 is 1.53 bits per heavy atom. The van der Waals surface area contributed by atoms with Crippen molar-refractivity contribution in [3.8, 4) is 0 Å². The molecule has 9 nitrogen and oxygen atoms in total. The van der Waals surface area contributed by atoms with Gasteiger partial charge in [0.05, 0.1) is 24.4 Å². The summed E-state index contributed by atoms with van der Waals surface area (Å²) in [6.07, 6.45) is 3.31. The van der Waals surface area contributed by atoms with E-state index in [2.05, 4.69) is 22.5 Å². The van der Waals surface area contributed by atoms with Gasteiger partial charge in [-0.25, -0.2) is 0 Å². The van der Waals surface area contributed by atoms with Crippen LogP contribution in [0.1, 0.15) is 92.6 Å². The third-order valence-electron chi connectivity index (χ3n) is 9.82. The molecule has 4 atom stereocenters. The minimum Gasteiger partial charge on any atom is -0.392 e. The largest absolute Gasteiger partial charge is 0.392 e. The number of nitrogens with zero attached hydrogens (tertiary/aromatic N) is 1. The highest BCUT2D eigenvalue weighted by atomic mass is 35.5. The average molecular weight is 692 g/mol. The second-order valence-electron chi connectivity index (χ2n) is 13.5. The molecule has 10 heteroatoms. The molecule has 0 spiro atoms. The number of hydrogen-bond donors (Lipinski definition) is 4. The fourth-order valence-electron chi connectivity index (χ4n) is 6.67. The minimum atomic E-state index is -0.876. The molecule has 49 heavy (non-hydrogen) atoms. The molecule has 2 amide bonds. The molecule has 4 N–H and O–H groups in total. The molecule has 0 aromatic heterocycles. The summed E-state index contributed by atoms with van der Waals surface area (Å²) in [4.78, 5) is 25.7. The van der Waals surface area contributed by atoms with Gasteiger partial charge in [0.15, 0.2) is 6.29 Å². The lowest BCUT2D eigenvalue weighted by Crippen LogP contribution is -2.49. The maximum atomic E-state index is 12.4. The van der Waals surface area contributed by atoms with Gasteiger partial charge in [-0.15, -0.1) is 0 Å². The molecule has 0 radical (unpaired) electrons. The van der Waals surface area contributed by atoms with E-state index in [1.165, 1.54) is 6.92 Å². The number of ether oxygens (including phenoxy) is 2. The van der Waals surface area contributed by atoms with Crippen molar-refractivity contribution in [2.24, 2.45) is 5.92 Å². The number of carbonyl (C=O) groups is 2. The number of unbranched alkanes of at least 4 members (excludes halogenated alkanes) is 2. The van der Waals surface area contributed by atoms with Gasteiger partial charge < -0.3 is 35.2 Å². The molecule has 2 aliphatic heterocycles. The lowest BCUT2D eigenvalue weighted by molar-refractivity contribution is -0.277. The summed E-state index contributed by atoms with van der Waals surface area (Å²) in [5.74, 6) is 0.0307. The SMILES string of the molecule is CC(=O)NCCCCCC(=O)NCc1ccc([C@@H]2O[C@H](CN3CCC(O)(c4ccc(Cl)cc4)CC3)[C@H](C)[C@H](c3ccc(CO)cc3)O2)cc1. The summed E-state index contributed by atoms with van der Waals surface area (Å²) >= 11 is 6.09. The highest BCUT2D eigenvalue weighted by molar-refractivity contribution is 6.30. The van der Waals surface area contributed by atoms with Gasteiger partial charge >= 0.3 is 0 Å². The summed E-state index contributed by atoms with van der Waals surface area (Å²) in [5.41, 5.74) is 3.80. The Hall–Kier alpha value is -3.31. The highest BCUT2D eigenvalue weighted by Crippen LogP contribution is 2.42. The first-order chi connectivity index (χ1) is 23.6. The fourth-order valence-corrected chi connectivity index (χ4v) is 6.80. The quantitative estimate of drug-likeness (QED) is 0.155. The maximum Gasteiger partial charge on any atom is 0.220 e. The topological polar surface area (TPSA) is 120 Å². The number of halogens is 1. The second-order valence-corrected chi connectivity index (χ2v) is 13.9. The molecule has 2 aliphatic rings. The molecule has 264 valence electrons. The maximum absolute atomic E-state index is 12.4. The lowest BCUT2D eigenvalue weighted by Gasteiger charge is -2.45. The third-order valence-corrected chi connectivity index (χ3v) is 10.1. The van der Waals surface area contributed by atoms with Crippen LogP contribution in [0.3, 0.4) is 0 Å². The van der Waals surface area contributed by atoms with Gasteiger partial charge in [0, 0.05) is 62.6 Å². The first kappa shape index (κ1) is 37.0. The van der Waals surface area contributed by atoms with Crippen molar-refractivity contribution in [2.45, 2.75) is 89.6 Å². The van der Waals surface area contributed by atoms with E-state index >= 15 is 0 Å². The molecule has 0 saturated carbocycles. The van der Waals surface area contributed by atoms with E-state index in [4.69, 9.17) is 21.1 Å². The van der Waals surface area contributed by atoms with Gasteiger partial charge in [-0.05, 0) is 60.1 Å². The van der Waals surface area contributed by atoms with Gasteiger partial charge in [0.2, 0.25) is 11.8 Å². The second kappa shape index (κ2) is 17.6. The molecule has 0 unspecified atom stereocenters. The predicted octanol–water partition coefficient (Wildman–Crippen LogP) is 5.92. The number of nitrogens with one attached hydrogen (secondary N) is 2. The Bertz CT molecular complexity index is 1490. The van der Waals surface area contributed by atoms with Crippen LogP contribution < -0.4 is 10.6 Å². The zero-order chi connectivity index (χ0) is 34.8. The number of piperidine rings is 1. The summed E-state index contributed by atoms with van der Waals surface area (Å²) in [6, 6.07) is 23.4. The van der Waals surface area contributed by atoms with E-state index in [-0.39, 0.29) is 36.5 Å².